The highest BCUT2D eigenvalue weighted by Gasteiger charge is 2.20. The van der Waals surface area contributed by atoms with Crippen LogP contribution >= 0.6 is 24.0 Å². The lowest BCUT2D eigenvalue weighted by atomic mass is 10.1. The van der Waals surface area contributed by atoms with Gasteiger partial charge in [0.05, 0.1) is 18.8 Å². The summed E-state index contributed by atoms with van der Waals surface area (Å²) in [5.74, 6) is 2.34. The van der Waals surface area contributed by atoms with Crippen LogP contribution in [0.4, 0.5) is 0 Å². The highest BCUT2D eigenvalue weighted by atomic mass is 127. The van der Waals surface area contributed by atoms with E-state index in [-0.39, 0.29) is 30.1 Å². The van der Waals surface area contributed by atoms with Gasteiger partial charge in [-0.25, -0.2) is 0 Å². The van der Waals surface area contributed by atoms with E-state index >= 15 is 0 Å². The van der Waals surface area contributed by atoms with E-state index in [1.54, 1.807) is 0 Å². The van der Waals surface area contributed by atoms with Crippen LogP contribution in [0.1, 0.15) is 51.7 Å². The minimum atomic E-state index is -0.643. The Morgan fingerprint density at radius 2 is 1.93 bits per heavy atom. The normalized spacial score (nSPS) is 15.1. The fourth-order valence-corrected chi connectivity index (χ4v) is 2.58. The fraction of sp³-hybridized carbons (Fsp3) is 0.667. The van der Waals surface area contributed by atoms with Crippen molar-refractivity contribution >= 4 is 29.9 Å². The van der Waals surface area contributed by atoms with Crippen molar-refractivity contribution < 1.29 is 14.6 Å². The Morgan fingerprint density at radius 1 is 1.21 bits per heavy atom. The Bertz CT molecular complexity index is 563. The predicted molar refractivity (Wildman–Crippen MR) is 125 cm³/mol. The molecular formula is C21H36IN3O3. The van der Waals surface area contributed by atoms with Gasteiger partial charge in [-0.3, -0.25) is 4.99 Å². The highest BCUT2D eigenvalue weighted by Crippen LogP contribution is 2.28. The first-order chi connectivity index (χ1) is 13.1. The number of aliphatic imine (C=N–C) groups is 1. The molecule has 0 amide bonds. The van der Waals surface area contributed by atoms with E-state index in [2.05, 4.69) is 15.6 Å². The second-order valence-corrected chi connectivity index (χ2v) is 7.27. The monoisotopic (exact) mass is 505 g/mol. The molecule has 0 bridgehead atoms. The molecule has 160 valence electrons. The summed E-state index contributed by atoms with van der Waals surface area (Å²) in [4.78, 5) is 4.49. The van der Waals surface area contributed by atoms with Crippen LogP contribution in [0.2, 0.25) is 0 Å². The lowest BCUT2D eigenvalue weighted by molar-refractivity contribution is 0.123. The number of guanidine groups is 1. The number of nitrogens with zero attached hydrogens (tertiary/aromatic N) is 1. The first-order valence-electron chi connectivity index (χ1n) is 10.1. The number of hydrogen-bond donors (Lipinski definition) is 3. The molecule has 1 unspecified atom stereocenters. The molecule has 0 aliphatic heterocycles. The van der Waals surface area contributed by atoms with Crippen molar-refractivity contribution in [1.82, 2.24) is 10.6 Å². The number of nitrogens with one attached hydrogen (secondary N) is 2. The van der Waals surface area contributed by atoms with Crippen molar-refractivity contribution in [3.8, 4) is 5.75 Å². The number of hydrogen-bond acceptors (Lipinski definition) is 4. The Balaban J connectivity index is 0.00000392. The second kappa shape index (κ2) is 14.0. The van der Waals surface area contributed by atoms with Gasteiger partial charge in [-0.15, -0.1) is 24.0 Å². The molecule has 0 heterocycles. The standard InChI is InChI=1S/C21H35N3O3.HI/c1-4-22-21(23-12-5-13-26-15-17-6-7-17)24-14-20(25)18-8-10-19(11-9-18)27-16(2)3;/h8-11,16-17,20,25H,4-7,12-15H2,1-3H3,(H2,22,23,24);1H. The van der Waals surface area contributed by atoms with E-state index in [1.807, 2.05) is 45.0 Å². The van der Waals surface area contributed by atoms with Crippen molar-refractivity contribution in [3.63, 3.8) is 0 Å². The average molecular weight is 505 g/mol. The van der Waals surface area contributed by atoms with Crippen LogP contribution in [0.25, 0.3) is 0 Å². The van der Waals surface area contributed by atoms with E-state index in [0.717, 1.165) is 55.9 Å². The first-order valence-corrected chi connectivity index (χ1v) is 10.1. The van der Waals surface area contributed by atoms with Crippen molar-refractivity contribution in [2.45, 2.75) is 52.2 Å². The fourth-order valence-electron chi connectivity index (χ4n) is 2.58. The van der Waals surface area contributed by atoms with E-state index in [4.69, 9.17) is 9.47 Å². The van der Waals surface area contributed by atoms with Gasteiger partial charge in [0, 0.05) is 26.3 Å². The molecule has 0 aromatic heterocycles. The molecule has 1 aromatic rings. The van der Waals surface area contributed by atoms with E-state index in [9.17, 15) is 5.11 Å². The maximum absolute atomic E-state index is 10.4. The van der Waals surface area contributed by atoms with Crippen LogP contribution in [0.3, 0.4) is 0 Å². The molecule has 6 nitrogen and oxygen atoms in total. The maximum atomic E-state index is 10.4. The second-order valence-electron chi connectivity index (χ2n) is 7.27. The van der Waals surface area contributed by atoms with Crippen molar-refractivity contribution in [2.24, 2.45) is 10.9 Å². The smallest absolute Gasteiger partial charge is 0.191 e. The molecule has 2 rings (SSSR count). The summed E-state index contributed by atoms with van der Waals surface area (Å²) >= 11 is 0. The average Bonchev–Trinajstić information content (AvgIpc) is 3.46. The van der Waals surface area contributed by atoms with Gasteiger partial charge < -0.3 is 25.2 Å². The molecule has 28 heavy (non-hydrogen) atoms. The third-order valence-corrected chi connectivity index (χ3v) is 4.21. The number of benzene rings is 1. The van der Waals surface area contributed by atoms with Crippen LogP contribution in [-0.4, -0.2) is 50.0 Å². The quantitative estimate of drug-likeness (QED) is 0.176. The first kappa shape index (κ1) is 25.0. The number of aliphatic hydroxyl groups is 1. The Hall–Kier alpha value is -1.06. The predicted octanol–water partition coefficient (Wildman–Crippen LogP) is 3.50. The number of aliphatic hydroxyl groups excluding tert-OH is 1. The van der Waals surface area contributed by atoms with Crippen LogP contribution in [0, 0.1) is 5.92 Å². The van der Waals surface area contributed by atoms with Gasteiger partial charge in [-0.05, 0) is 63.6 Å². The molecule has 0 saturated heterocycles. The molecule has 1 aliphatic rings. The lowest BCUT2D eigenvalue weighted by Gasteiger charge is -2.14. The van der Waals surface area contributed by atoms with Crippen LogP contribution in [0.15, 0.2) is 29.3 Å². The molecular weight excluding hydrogens is 469 g/mol. The summed E-state index contributed by atoms with van der Waals surface area (Å²) < 4.78 is 11.3. The number of halogens is 1. The topological polar surface area (TPSA) is 75.1 Å². The van der Waals surface area contributed by atoms with Gasteiger partial charge in [0.15, 0.2) is 5.96 Å². The van der Waals surface area contributed by atoms with Crippen LogP contribution < -0.4 is 15.4 Å². The van der Waals surface area contributed by atoms with Crippen LogP contribution in [-0.2, 0) is 4.74 Å². The molecule has 1 aliphatic carbocycles. The van der Waals surface area contributed by atoms with E-state index in [1.165, 1.54) is 12.8 Å². The van der Waals surface area contributed by atoms with E-state index in [0.29, 0.717) is 6.54 Å². The third-order valence-electron chi connectivity index (χ3n) is 4.21. The summed E-state index contributed by atoms with van der Waals surface area (Å²) in [5.41, 5.74) is 0.833. The lowest BCUT2D eigenvalue weighted by Crippen LogP contribution is -2.38. The zero-order valence-electron chi connectivity index (χ0n) is 17.3. The zero-order valence-corrected chi connectivity index (χ0v) is 19.6. The summed E-state index contributed by atoms with van der Waals surface area (Å²) in [7, 11) is 0. The zero-order chi connectivity index (χ0) is 19.5. The Kier molecular flexibility index (Phi) is 12.5. The SMILES string of the molecule is CCNC(=NCC(O)c1ccc(OC(C)C)cc1)NCCCOCC1CC1.I. The largest absolute Gasteiger partial charge is 0.491 e. The molecule has 1 fully saturated rings. The maximum Gasteiger partial charge on any atom is 0.191 e. The number of rotatable bonds is 12. The third kappa shape index (κ3) is 10.5. The van der Waals surface area contributed by atoms with Gasteiger partial charge in [0.25, 0.3) is 0 Å². The molecule has 0 radical (unpaired) electrons. The van der Waals surface area contributed by atoms with Gasteiger partial charge in [-0.2, -0.15) is 0 Å². The molecule has 1 aromatic carbocycles. The van der Waals surface area contributed by atoms with Crippen molar-refractivity contribution in [1.29, 1.82) is 0 Å². The van der Waals surface area contributed by atoms with Crippen molar-refractivity contribution in [3.05, 3.63) is 29.8 Å². The molecule has 7 heteroatoms. The minimum Gasteiger partial charge on any atom is -0.491 e. The van der Waals surface area contributed by atoms with Crippen LogP contribution in [0.5, 0.6) is 5.75 Å². The molecule has 1 saturated carbocycles. The highest BCUT2D eigenvalue weighted by molar-refractivity contribution is 14.0. The summed E-state index contributed by atoms with van der Waals surface area (Å²) in [6.45, 7) is 9.57. The van der Waals surface area contributed by atoms with Crippen molar-refractivity contribution in [2.75, 3.05) is 32.8 Å². The molecule has 3 N–H and O–H groups in total. The molecule has 0 spiro atoms. The Labute approximate surface area is 186 Å². The van der Waals surface area contributed by atoms with E-state index < -0.39 is 6.10 Å². The van der Waals surface area contributed by atoms with Gasteiger partial charge in [0.2, 0.25) is 0 Å². The summed E-state index contributed by atoms with van der Waals surface area (Å²) in [6, 6.07) is 7.53. The van der Waals surface area contributed by atoms with Gasteiger partial charge in [-0.1, -0.05) is 12.1 Å². The summed E-state index contributed by atoms with van der Waals surface area (Å²) in [5, 5.41) is 16.9. The van der Waals surface area contributed by atoms with Gasteiger partial charge in [0.1, 0.15) is 5.75 Å². The van der Waals surface area contributed by atoms with Gasteiger partial charge >= 0.3 is 0 Å². The number of ether oxygens (including phenoxy) is 2. The Morgan fingerprint density at radius 3 is 2.54 bits per heavy atom. The minimum absolute atomic E-state index is 0. The summed E-state index contributed by atoms with van der Waals surface area (Å²) in [6.07, 6.45) is 3.08. The molecule has 1 atom stereocenters.